The Kier molecular flexibility index (Phi) is 5.00. The number of nitrogens with one attached hydrogen (secondary N) is 2. The molecule has 21 heavy (non-hydrogen) atoms. The van der Waals surface area contributed by atoms with Gasteiger partial charge in [-0.05, 0) is 14.0 Å². The Balaban J connectivity index is 2.15. The number of rotatable bonds is 6. The molecule has 2 rings (SSSR count). The van der Waals surface area contributed by atoms with Crippen molar-refractivity contribution in [1.82, 2.24) is 20.0 Å². The van der Waals surface area contributed by atoms with Crippen molar-refractivity contribution in [3.8, 4) is 11.4 Å². The van der Waals surface area contributed by atoms with Crippen LogP contribution in [0.15, 0.2) is 47.6 Å². The van der Waals surface area contributed by atoms with E-state index in [4.69, 9.17) is 0 Å². The van der Waals surface area contributed by atoms with E-state index in [1.807, 2.05) is 37.3 Å². The first-order valence-electron chi connectivity index (χ1n) is 6.57. The summed E-state index contributed by atoms with van der Waals surface area (Å²) in [6.45, 7) is 2.19. The van der Waals surface area contributed by atoms with Crippen LogP contribution in [0.2, 0.25) is 0 Å². The average molecular weight is 306 g/mol. The number of likely N-dealkylation sites (N-methyl/N-ethyl adjacent to an activating group) is 1. The van der Waals surface area contributed by atoms with Crippen molar-refractivity contribution >= 4 is 10.0 Å². The first kappa shape index (κ1) is 15.6. The van der Waals surface area contributed by atoms with Crippen molar-refractivity contribution < 1.29 is 8.42 Å². The fraction of sp³-hybridized carbons (Fsp3) is 0.286. The molecule has 1 aromatic heterocycles. The molecule has 2 N–H and O–H groups in total. The number of nitrogens with zero attached hydrogens (tertiary/aromatic N) is 2. The van der Waals surface area contributed by atoms with Gasteiger partial charge in [0.25, 0.3) is 0 Å². The van der Waals surface area contributed by atoms with Crippen LogP contribution in [-0.2, 0) is 10.0 Å². The van der Waals surface area contributed by atoms with Crippen LogP contribution >= 0.6 is 0 Å². The van der Waals surface area contributed by atoms with Crippen LogP contribution in [0.5, 0.6) is 0 Å². The molecule has 0 saturated heterocycles. The molecule has 1 heterocycles. The summed E-state index contributed by atoms with van der Waals surface area (Å²) in [5.41, 5.74) is 0.846. The molecule has 6 nitrogen and oxygen atoms in total. The molecule has 1 unspecified atom stereocenters. The molecular formula is C14H18N4O2S. The molecule has 112 valence electrons. The summed E-state index contributed by atoms with van der Waals surface area (Å²) in [4.78, 5) is 8.29. The quantitative estimate of drug-likeness (QED) is 0.833. The molecule has 0 amide bonds. The van der Waals surface area contributed by atoms with Gasteiger partial charge in [-0.2, -0.15) is 0 Å². The number of hydrogen-bond acceptors (Lipinski definition) is 5. The molecule has 0 radical (unpaired) electrons. The van der Waals surface area contributed by atoms with Gasteiger partial charge in [0.2, 0.25) is 10.0 Å². The molecule has 0 aliphatic rings. The van der Waals surface area contributed by atoms with Gasteiger partial charge in [0.15, 0.2) is 5.82 Å². The highest BCUT2D eigenvalue weighted by Crippen LogP contribution is 2.14. The van der Waals surface area contributed by atoms with Crippen LogP contribution in [0, 0.1) is 0 Å². The summed E-state index contributed by atoms with van der Waals surface area (Å²) >= 11 is 0. The molecule has 0 fully saturated rings. The third-order valence-electron chi connectivity index (χ3n) is 3.04. The van der Waals surface area contributed by atoms with E-state index < -0.39 is 10.0 Å². The van der Waals surface area contributed by atoms with Gasteiger partial charge < -0.3 is 5.32 Å². The van der Waals surface area contributed by atoms with Crippen LogP contribution in [0.4, 0.5) is 0 Å². The Bertz CT molecular complexity index is 672. The lowest BCUT2D eigenvalue weighted by Crippen LogP contribution is -2.37. The summed E-state index contributed by atoms with van der Waals surface area (Å²) < 4.78 is 26.7. The molecule has 0 spiro atoms. The van der Waals surface area contributed by atoms with Gasteiger partial charge in [-0.15, -0.1) is 0 Å². The van der Waals surface area contributed by atoms with Crippen molar-refractivity contribution in [2.45, 2.75) is 17.9 Å². The maximum atomic E-state index is 12.1. The third kappa shape index (κ3) is 4.07. The molecule has 0 aliphatic carbocycles. The van der Waals surface area contributed by atoms with Crippen molar-refractivity contribution in [2.24, 2.45) is 0 Å². The SMILES string of the molecule is CNC(C)CNS(=O)(=O)c1cnc(-c2ccccc2)nc1. The molecular weight excluding hydrogens is 288 g/mol. The number of sulfonamides is 1. The Labute approximate surface area is 124 Å². The molecule has 0 aliphatic heterocycles. The topological polar surface area (TPSA) is 84.0 Å². The predicted octanol–water partition coefficient (Wildman–Crippen LogP) is 1.03. The largest absolute Gasteiger partial charge is 0.316 e. The van der Waals surface area contributed by atoms with Crippen LogP contribution in [0.3, 0.4) is 0 Å². The summed E-state index contributed by atoms with van der Waals surface area (Å²) in [5.74, 6) is 0.498. The normalized spacial score (nSPS) is 13.0. The van der Waals surface area contributed by atoms with E-state index in [9.17, 15) is 8.42 Å². The second-order valence-electron chi connectivity index (χ2n) is 4.65. The Morgan fingerprint density at radius 3 is 2.33 bits per heavy atom. The molecule has 1 aromatic carbocycles. The number of aromatic nitrogens is 2. The van der Waals surface area contributed by atoms with E-state index in [2.05, 4.69) is 20.0 Å². The maximum absolute atomic E-state index is 12.1. The summed E-state index contributed by atoms with van der Waals surface area (Å²) in [7, 11) is -1.80. The molecule has 2 aromatic rings. The first-order chi connectivity index (χ1) is 10.0. The summed E-state index contributed by atoms with van der Waals surface area (Å²) in [6.07, 6.45) is 2.64. The lowest BCUT2D eigenvalue weighted by molar-refractivity contribution is 0.553. The average Bonchev–Trinajstić information content (AvgIpc) is 2.53. The van der Waals surface area contributed by atoms with Gasteiger partial charge in [0, 0.05) is 18.2 Å². The third-order valence-corrected chi connectivity index (χ3v) is 4.42. The van der Waals surface area contributed by atoms with E-state index in [-0.39, 0.29) is 10.9 Å². The predicted molar refractivity (Wildman–Crippen MR) is 81.2 cm³/mol. The highest BCUT2D eigenvalue weighted by molar-refractivity contribution is 7.89. The zero-order chi connectivity index (χ0) is 15.3. The van der Waals surface area contributed by atoms with Crippen LogP contribution < -0.4 is 10.0 Å². The Morgan fingerprint density at radius 1 is 1.14 bits per heavy atom. The first-order valence-corrected chi connectivity index (χ1v) is 8.05. The summed E-state index contributed by atoms with van der Waals surface area (Å²) in [5, 5.41) is 2.96. The lowest BCUT2D eigenvalue weighted by atomic mass is 10.2. The van der Waals surface area contributed by atoms with Crippen molar-refractivity contribution in [1.29, 1.82) is 0 Å². The Morgan fingerprint density at radius 2 is 1.76 bits per heavy atom. The van der Waals surface area contributed by atoms with Crippen LogP contribution in [0.1, 0.15) is 6.92 Å². The second-order valence-corrected chi connectivity index (χ2v) is 6.42. The minimum absolute atomic E-state index is 0.0456. The van der Waals surface area contributed by atoms with E-state index in [0.717, 1.165) is 5.56 Å². The monoisotopic (exact) mass is 306 g/mol. The molecule has 1 atom stereocenters. The van der Waals surface area contributed by atoms with Gasteiger partial charge >= 0.3 is 0 Å². The van der Waals surface area contributed by atoms with Crippen molar-refractivity contribution in [3.05, 3.63) is 42.7 Å². The van der Waals surface area contributed by atoms with E-state index in [0.29, 0.717) is 12.4 Å². The fourth-order valence-electron chi connectivity index (χ4n) is 1.61. The van der Waals surface area contributed by atoms with Crippen LogP contribution in [0.25, 0.3) is 11.4 Å². The smallest absolute Gasteiger partial charge is 0.243 e. The number of hydrogen-bond donors (Lipinski definition) is 2. The minimum atomic E-state index is -3.58. The van der Waals surface area contributed by atoms with Gasteiger partial charge in [0.05, 0.1) is 12.4 Å². The zero-order valence-electron chi connectivity index (χ0n) is 11.9. The van der Waals surface area contributed by atoms with Crippen LogP contribution in [-0.4, -0.2) is 38.0 Å². The molecule has 7 heteroatoms. The van der Waals surface area contributed by atoms with E-state index in [1.54, 1.807) is 7.05 Å². The standard InChI is InChI=1S/C14H18N4O2S/c1-11(15-2)8-18-21(19,20)13-9-16-14(17-10-13)12-6-4-3-5-7-12/h3-7,9-11,15,18H,8H2,1-2H3. The second kappa shape index (κ2) is 6.75. The van der Waals surface area contributed by atoms with Gasteiger partial charge in [-0.3, -0.25) is 0 Å². The van der Waals surface area contributed by atoms with Gasteiger partial charge in [-0.25, -0.2) is 23.1 Å². The summed E-state index contributed by atoms with van der Waals surface area (Å²) in [6, 6.07) is 9.44. The lowest BCUT2D eigenvalue weighted by Gasteiger charge is -2.11. The molecule has 0 saturated carbocycles. The maximum Gasteiger partial charge on any atom is 0.243 e. The van der Waals surface area contributed by atoms with Crippen molar-refractivity contribution in [2.75, 3.05) is 13.6 Å². The molecule has 0 bridgehead atoms. The van der Waals surface area contributed by atoms with E-state index >= 15 is 0 Å². The van der Waals surface area contributed by atoms with E-state index in [1.165, 1.54) is 12.4 Å². The Hall–Kier alpha value is -1.83. The number of benzene rings is 1. The van der Waals surface area contributed by atoms with Gasteiger partial charge in [-0.1, -0.05) is 30.3 Å². The highest BCUT2D eigenvalue weighted by atomic mass is 32.2. The fourth-order valence-corrected chi connectivity index (χ4v) is 2.63. The van der Waals surface area contributed by atoms with Crippen molar-refractivity contribution in [3.63, 3.8) is 0 Å². The minimum Gasteiger partial charge on any atom is -0.316 e. The van der Waals surface area contributed by atoms with Gasteiger partial charge in [0.1, 0.15) is 4.90 Å². The zero-order valence-corrected chi connectivity index (χ0v) is 12.8. The highest BCUT2D eigenvalue weighted by Gasteiger charge is 2.16.